The Labute approximate surface area is 152 Å². The van der Waals surface area contributed by atoms with Crippen LogP contribution in [0, 0.1) is 5.92 Å². The van der Waals surface area contributed by atoms with E-state index in [9.17, 15) is 13.2 Å². The predicted molar refractivity (Wildman–Crippen MR) is 100 cm³/mol. The van der Waals surface area contributed by atoms with Crippen molar-refractivity contribution < 1.29 is 13.2 Å². The molecule has 3 rings (SSSR count). The van der Waals surface area contributed by atoms with Crippen LogP contribution in [0.1, 0.15) is 25.8 Å². The highest BCUT2D eigenvalue weighted by Crippen LogP contribution is 2.29. The zero-order chi connectivity index (χ0) is 18.0. The number of hydrogen-bond acceptors (Lipinski definition) is 4. The molecule has 0 saturated carbocycles. The number of carbonyl (C=O) groups is 1. The Kier molecular flexibility index (Phi) is 5.27. The van der Waals surface area contributed by atoms with Crippen LogP contribution in [0.3, 0.4) is 0 Å². The van der Waals surface area contributed by atoms with E-state index < -0.39 is 16.1 Å². The van der Waals surface area contributed by atoms with Gasteiger partial charge in [-0.2, -0.15) is 4.72 Å². The first-order valence-electron chi connectivity index (χ1n) is 8.33. The first-order chi connectivity index (χ1) is 11.9. The summed E-state index contributed by atoms with van der Waals surface area (Å²) < 4.78 is 28.0. The van der Waals surface area contributed by atoms with Crippen LogP contribution in [0.5, 0.6) is 0 Å². The topological polar surface area (TPSA) is 66.5 Å². The van der Waals surface area contributed by atoms with Gasteiger partial charge in [0.25, 0.3) is 10.0 Å². The molecule has 0 fully saturated rings. The van der Waals surface area contributed by atoms with Gasteiger partial charge in [0.05, 0.1) is 0 Å². The molecule has 0 radical (unpaired) electrons. The number of nitrogens with zero attached hydrogens (tertiary/aromatic N) is 1. The molecule has 0 spiro atoms. The van der Waals surface area contributed by atoms with E-state index in [1.165, 1.54) is 0 Å². The van der Waals surface area contributed by atoms with Crippen molar-refractivity contribution in [1.82, 2.24) is 4.72 Å². The summed E-state index contributed by atoms with van der Waals surface area (Å²) in [4.78, 5) is 14.8. The van der Waals surface area contributed by atoms with Crippen molar-refractivity contribution in [2.45, 2.75) is 36.9 Å². The third-order valence-electron chi connectivity index (χ3n) is 4.22. The Bertz CT molecular complexity index is 845. The maximum Gasteiger partial charge on any atom is 0.250 e. The minimum absolute atomic E-state index is 0.182. The average Bonchev–Trinajstić information content (AvgIpc) is 3.23. The summed E-state index contributed by atoms with van der Waals surface area (Å²) in [5.41, 5.74) is 2.01. The molecule has 1 aromatic carbocycles. The van der Waals surface area contributed by atoms with Gasteiger partial charge in [0.15, 0.2) is 0 Å². The second-order valence-electron chi connectivity index (χ2n) is 6.60. The third kappa shape index (κ3) is 3.94. The van der Waals surface area contributed by atoms with Crippen LogP contribution < -0.4 is 9.62 Å². The highest BCUT2D eigenvalue weighted by Gasteiger charge is 2.33. The number of rotatable bonds is 6. The molecule has 2 heterocycles. The molecule has 1 N–H and O–H groups in total. The van der Waals surface area contributed by atoms with E-state index >= 15 is 0 Å². The number of hydrogen-bond donors (Lipinski definition) is 1. The second-order valence-corrected chi connectivity index (χ2v) is 9.49. The molecule has 0 aliphatic carbocycles. The van der Waals surface area contributed by atoms with Crippen LogP contribution in [-0.4, -0.2) is 26.9 Å². The summed E-state index contributed by atoms with van der Waals surface area (Å²) in [5.74, 6) is 0.0108. The van der Waals surface area contributed by atoms with Crippen LogP contribution in [0.25, 0.3) is 0 Å². The number of anilines is 1. The molecular weight excluding hydrogens is 356 g/mol. The predicted octanol–water partition coefficient (Wildman–Crippen LogP) is 3.03. The van der Waals surface area contributed by atoms with Crippen molar-refractivity contribution in [1.29, 1.82) is 0 Å². The van der Waals surface area contributed by atoms with Crippen LogP contribution in [0.4, 0.5) is 5.69 Å². The molecule has 5 nitrogen and oxygen atoms in total. The smallest absolute Gasteiger partial charge is 0.250 e. The Hall–Kier alpha value is -1.70. The Balaban J connectivity index is 1.85. The minimum atomic E-state index is -3.69. The number of amides is 1. The van der Waals surface area contributed by atoms with Gasteiger partial charge in [-0.3, -0.25) is 4.79 Å². The van der Waals surface area contributed by atoms with Crippen LogP contribution in [-0.2, 0) is 21.2 Å². The lowest BCUT2D eigenvalue weighted by Gasteiger charge is -2.25. The molecule has 0 bridgehead atoms. The summed E-state index contributed by atoms with van der Waals surface area (Å²) >= 11 is 1.15. The number of nitrogens with one attached hydrogen (secondary N) is 1. The van der Waals surface area contributed by atoms with E-state index in [0.29, 0.717) is 13.0 Å². The van der Waals surface area contributed by atoms with Crippen molar-refractivity contribution in [2.24, 2.45) is 5.92 Å². The van der Waals surface area contributed by atoms with Gasteiger partial charge >= 0.3 is 0 Å². The molecule has 1 aromatic heterocycles. The molecule has 0 unspecified atom stereocenters. The summed E-state index contributed by atoms with van der Waals surface area (Å²) in [7, 11) is -3.69. The fourth-order valence-electron chi connectivity index (χ4n) is 3.09. The van der Waals surface area contributed by atoms with Crippen LogP contribution in [0.15, 0.2) is 46.0 Å². The van der Waals surface area contributed by atoms with Crippen molar-refractivity contribution in [3.63, 3.8) is 0 Å². The molecule has 1 amide bonds. The third-order valence-corrected chi connectivity index (χ3v) is 7.08. The maximum absolute atomic E-state index is 13.1. The van der Waals surface area contributed by atoms with Gasteiger partial charge in [0.2, 0.25) is 5.91 Å². The van der Waals surface area contributed by atoms with Gasteiger partial charge in [0.1, 0.15) is 10.3 Å². The quantitative estimate of drug-likeness (QED) is 0.840. The van der Waals surface area contributed by atoms with E-state index in [-0.39, 0.29) is 16.0 Å². The Morgan fingerprint density at radius 3 is 2.68 bits per heavy atom. The molecule has 1 atom stereocenters. The SMILES string of the molecule is CC(C)C[C@@H](NS(=O)(=O)c1cccs1)C(=O)N1CCc2ccccc21. The lowest BCUT2D eigenvalue weighted by molar-refractivity contribution is -0.120. The molecule has 1 aliphatic heterocycles. The average molecular weight is 379 g/mol. The zero-order valence-electron chi connectivity index (χ0n) is 14.3. The maximum atomic E-state index is 13.1. The molecule has 25 heavy (non-hydrogen) atoms. The molecule has 1 aliphatic rings. The van der Waals surface area contributed by atoms with E-state index in [0.717, 1.165) is 29.0 Å². The van der Waals surface area contributed by atoms with Gasteiger partial charge < -0.3 is 4.90 Å². The van der Waals surface area contributed by atoms with Gasteiger partial charge in [-0.25, -0.2) is 8.42 Å². The highest BCUT2D eigenvalue weighted by atomic mass is 32.2. The second kappa shape index (κ2) is 7.27. The number of carbonyl (C=O) groups excluding carboxylic acids is 1. The number of thiophene rings is 1. The fraction of sp³-hybridized carbons (Fsp3) is 0.389. The normalized spacial score (nSPS) is 15.4. The fourth-order valence-corrected chi connectivity index (χ4v) is 5.30. The van der Waals surface area contributed by atoms with Crippen molar-refractivity contribution in [3.8, 4) is 0 Å². The number of benzene rings is 1. The van der Waals surface area contributed by atoms with Crippen molar-refractivity contribution in [2.75, 3.05) is 11.4 Å². The summed E-state index contributed by atoms with van der Waals surface area (Å²) in [6.07, 6.45) is 1.26. The van der Waals surface area contributed by atoms with Crippen LogP contribution >= 0.6 is 11.3 Å². The summed E-state index contributed by atoms with van der Waals surface area (Å²) in [6.45, 7) is 4.56. The minimum Gasteiger partial charge on any atom is -0.310 e. The first kappa shape index (κ1) is 18.1. The van der Waals surface area contributed by atoms with Gasteiger partial charge in [-0.1, -0.05) is 38.1 Å². The monoisotopic (exact) mass is 378 g/mol. The van der Waals surface area contributed by atoms with Crippen molar-refractivity contribution >= 4 is 33.0 Å². The van der Waals surface area contributed by atoms with E-state index in [2.05, 4.69) is 4.72 Å². The molecule has 0 saturated heterocycles. The summed E-state index contributed by atoms with van der Waals surface area (Å²) in [6, 6.07) is 10.3. The van der Waals surface area contributed by atoms with Crippen molar-refractivity contribution in [3.05, 3.63) is 47.3 Å². The molecule has 134 valence electrons. The van der Waals surface area contributed by atoms with E-state index in [1.54, 1.807) is 22.4 Å². The molecule has 2 aromatic rings. The summed E-state index contributed by atoms with van der Waals surface area (Å²) in [5, 5.41) is 1.71. The number of para-hydroxylation sites is 1. The van der Waals surface area contributed by atoms with Gasteiger partial charge in [0, 0.05) is 12.2 Å². The lowest BCUT2D eigenvalue weighted by atomic mass is 10.0. The van der Waals surface area contributed by atoms with Gasteiger partial charge in [-0.15, -0.1) is 11.3 Å². The highest BCUT2D eigenvalue weighted by molar-refractivity contribution is 7.91. The Morgan fingerprint density at radius 1 is 1.24 bits per heavy atom. The zero-order valence-corrected chi connectivity index (χ0v) is 15.9. The van der Waals surface area contributed by atoms with E-state index in [1.807, 2.05) is 38.1 Å². The molecular formula is C18H22N2O3S2. The van der Waals surface area contributed by atoms with E-state index in [4.69, 9.17) is 0 Å². The number of sulfonamides is 1. The van der Waals surface area contributed by atoms with Crippen LogP contribution in [0.2, 0.25) is 0 Å². The molecule has 7 heteroatoms. The first-order valence-corrected chi connectivity index (χ1v) is 10.7. The van der Waals surface area contributed by atoms with Gasteiger partial charge in [-0.05, 0) is 41.8 Å². The Morgan fingerprint density at radius 2 is 2.00 bits per heavy atom. The number of fused-ring (bicyclic) bond motifs is 1. The lowest BCUT2D eigenvalue weighted by Crippen LogP contribution is -2.48. The largest absolute Gasteiger partial charge is 0.310 e. The standard InChI is InChI=1S/C18H22N2O3S2/c1-13(2)12-15(19-25(22,23)17-8-5-11-24-17)18(21)20-10-9-14-6-3-4-7-16(14)20/h3-8,11,13,15,19H,9-10,12H2,1-2H3/t15-/m1/s1.